The second-order valence-electron chi connectivity index (χ2n) is 5.37. The van der Waals surface area contributed by atoms with Crippen LogP contribution in [0.3, 0.4) is 0 Å². The van der Waals surface area contributed by atoms with Gasteiger partial charge < -0.3 is 5.32 Å². The Morgan fingerprint density at radius 2 is 1.96 bits per heavy atom. The maximum Gasteiger partial charge on any atom is 0.265 e. The van der Waals surface area contributed by atoms with Crippen molar-refractivity contribution in [3.8, 4) is 0 Å². The van der Waals surface area contributed by atoms with Gasteiger partial charge in [-0.25, -0.2) is 4.39 Å². The van der Waals surface area contributed by atoms with E-state index in [2.05, 4.69) is 21.2 Å². The highest BCUT2D eigenvalue weighted by atomic mass is 79.9. The standard InChI is InChI=1S/C17H12BrFN2O3/c1-9-7-10(18)5-6-13(9)20-14(22)8-21-16(23)11-3-2-4-12(19)15(11)17(21)24/h2-7H,8H2,1H3,(H,20,22). The van der Waals surface area contributed by atoms with Crippen LogP contribution in [0.2, 0.25) is 0 Å². The van der Waals surface area contributed by atoms with Crippen LogP contribution in [0.25, 0.3) is 0 Å². The fourth-order valence-electron chi connectivity index (χ4n) is 2.54. The average Bonchev–Trinajstić information content (AvgIpc) is 2.76. The van der Waals surface area contributed by atoms with E-state index in [-0.39, 0.29) is 11.1 Å². The Balaban J connectivity index is 1.77. The Morgan fingerprint density at radius 1 is 1.21 bits per heavy atom. The molecule has 2 aromatic carbocycles. The summed E-state index contributed by atoms with van der Waals surface area (Å²) in [5.41, 5.74) is 1.10. The smallest absolute Gasteiger partial charge is 0.265 e. The highest BCUT2D eigenvalue weighted by Gasteiger charge is 2.38. The van der Waals surface area contributed by atoms with E-state index in [0.29, 0.717) is 5.69 Å². The third kappa shape index (κ3) is 2.82. The van der Waals surface area contributed by atoms with E-state index in [1.165, 1.54) is 12.1 Å². The van der Waals surface area contributed by atoms with Crippen LogP contribution >= 0.6 is 15.9 Å². The molecule has 1 heterocycles. The van der Waals surface area contributed by atoms with Gasteiger partial charge in [-0.15, -0.1) is 0 Å². The van der Waals surface area contributed by atoms with Crippen molar-refractivity contribution in [3.05, 3.63) is 63.4 Å². The fraction of sp³-hybridized carbons (Fsp3) is 0.118. The van der Waals surface area contributed by atoms with Crippen molar-refractivity contribution in [3.63, 3.8) is 0 Å². The topological polar surface area (TPSA) is 66.5 Å². The van der Waals surface area contributed by atoms with Crippen molar-refractivity contribution in [2.24, 2.45) is 0 Å². The number of imide groups is 1. The van der Waals surface area contributed by atoms with E-state index in [4.69, 9.17) is 0 Å². The number of aryl methyl sites for hydroxylation is 1. The van der Waals surface area contributed by atoms with Gasteiger partial charge in [-0.1, -0.05) is 22.0 Å². The summed E-state index contributed by atoms with van der Waals surface area (Å²) in [7, 11) is 0. The number of carbonyl (C=O) groups is 3. The summed E-state index contributed by atoms with van der Waals surface area (Å²) in [5, 5.41) is 2.65. The minimum Gasteiger partial charge on any atom is -0.324 e. The molecule has 24 heavy (non-hydrogen) atoms. The molecule has 0 fully saturated rings. The first-order chi connectivity index (χ1) is 11.4. The largest absolute Gasteiger partial charge is 0.324 e. The third-order valence-corrected chi connectivity index (χ3v) is 4.21. The summed E-state index contributed by atoms with van der Waals surface area (Å²) >= 11 is 3.33. The second kappa shape index (κ2) is 6.16. The van der Waals surface area contributed by atoms with Gasteiger partial charge in [0.15, 0.2) is 0 Å². The van der Waals surface area contributed by atoms with E-state index in [9.17, 15) is 18.8 Å². The quantitative estimate of drug-likeness (QED) is 0.818. The lowest BCUT2D eigenvalue weighted by molar-refractivity contribution is -0.116. The van der Waals surface area contributed by atoms with Crippen molar-refractivity contribution >= 4 is 39.3 Å². The number of anilines is 1. The molecule has 0 atom stereocenters. The number of carbonyl (C=O) groups excluding carboxylic acids is 3. The van der Waals surface area contributed by atoms with Crippen molar-refractivity contribution in [1.82, 2.24) is 4.90 Å². The number of nitrogens with zero attached hydrogens (tertiary/aromatic N) is 1. The number of halogens is 2. The third-order valence-electron chi connectivity index (χ3n) is 3.71. The zero-order valence-electron chi connectivity index (χ0n) is 12.6. The van der Waals surface area contributed by atoms with Crippen LogP contribution in [0.5, 0.6) is 0 Å². The highest BCUT2D eigenvalue weighted by Crippen LogP contribution is 2.25. The first-order valence-corrected chi connectivity index (χ1v) is 7.88. The van der Waals surface area contributed by atoms with Crippen LogP contribution in [-0.2, 0) is 4.79 Å². The highest BCUT2D eigenvalue weighted by molar-refractivity contribution is 9.10. The van der Waals surface area contributed by atoms with Gasteiger partial charge in [0.05, 0.1) is 11.1 Å². The summed E-state index contributed by atoms with van der Waals surface area (Å²) in [6.45, 7) is 1.35. The molecular formula is C17H12BrFN2O3. The Morgan fingerprint density at radius 3 is 2.62 bits per heavy atom. The molecule has 0 unspecified atom stereocenters. The number of hydrogen-bond acceptors (Lipinski definition) is 3. The molecule has 2 aromatic rings. The molecule has 1 aliphatic rings. The molecule has 0 saturated carbocycles. The number of rotatable bonds is 3. The van der Waals surface area contributed by atoms with Crippen molar-refractivity contribution in [1.29, 1.82) is 0 Å². The Hall–Kier alpha value is -2.54. The summed E-state index contributed by atoms with van der Waals surface area (Å²) in [5.74, 6) is -2.76. The fourth-order valence-corrected chi connectivity index (χ4v) is 3.01. The van der Waals surface area contributed by atoms with E-state index >= 15 is 0 Å². The number of amides is 3. The molecule has 1 aliphatic heterocycles. The predicted octanol–water partition coefficient (Wildman–Crippen LogP) is 3.13. The summed E-state index contributed by atoms with van der Waals surface area (Å²) in [6.07, 6.45) is 0. The molecular weight excluding hydrogens is 379 g/mol. The molecule has 0 radical (unpaired) electrons. The lowest BCUT2D eigenvalue weighted by Crippen LogP contribution is -2.37. The summed E-state index contributed by atoms with van der Waals surface area (Å²) in [6, 6.07) is 9.13. The molecule has 5 nitrogen and oxygen atoms in total. The van der Waals surface area contributed by atoms with Gasteiger partial charge in [0.25, 0.3) is 11.8 Å². The Labute approximate surface area is 145 Å². The minimum atomic E-state index is -0.796. The van der Waals surface area contributed by atoms with E-state index < -0.39 is 30.1 Å². The molecule has 7 heteroatoms. The maximum absolute atomic E-state index is 13.8. The lowest BCUT2D eigenvalue weighted by Gasteiger charge is -2.14. The molecule has 0 bridgehead atoms. The number of hydrogen-bond donors (Lipinski definition) is 1. The average molecular weight is 391 g/mol. The molecule has 1 N–H and O–H groups in total. The molecule has 0 spiro atoms. The molecule has 0 aromatic heterocycles. The van der Waals surface area contributed by atoms with Crippen LogP contribution in [0, 0.1) is 12.7 Å². The van der Waals surface area contributed by atoms with Crippen LogP contribution in [0.1, 0.15) is 26.3 Å². The predicted molar refractivity (Wildman–Crippen MR) is 89.3 cm³/mol. The van der Waals surface area contributed by atoms with Gasteiger partial charge in [0.2, 0.25) is 5.91 Å². The van der Waals surface area contributed by atoms with Crippen LogP contribution in [0.4, 0.5) is 10.1 Å². The molecule has 3 rings (SSSR count). The van der Waals surface area contributed by atoms with Gasteiger partial charge in [-0.3, -0.25) is 19.3 Å². The summed E-state index contributed by atoms with van der Waals surface area (Å²) in [4.78, 5) is 37.3. The van der Waals surface area contributed by atoms with E-state index in [1.54, 1.807) is 12.1 Å². The van der Waals surface area contributed by atoms with Crippen molar-refractivity contribution in [2.75, 3.05) is 11.9 Å². The van der Waals surface area contributed by atoms with E-state index in [0.717, 1.165) is 21.0 Å². The molecule has 3 amide bonds. The van der Waals surface area contributed by atoms with Crippen LogP contribution in [0.15, 0.2) is 40.9 Å². The first-order valence-electron chi connectivity index (χ1n) is 7.09. The van der Waals surface area contributed by atoms with E-state index in [1.807, 2.05) is 13.0 Å². The normalized spacial score (nSPS) is 13.2. The SMILES string of the molecule is Cc1cc(Br)ccc1NC(=O)CN1C(=O)c2cccc(F)c2C1=O. The van der Waals surface area contributed by atoms with Gasteiger partial charge in [0.1, 0.15) is 12.4 Å². The molecule has 122 valence electrons. The van der Waals surface area contributed by atoms with Gasteiger partial charge in [-0.05, 0) is 42.8 Å². The van der Waals surface area contributed by atoms with Gasteiger partial charge >= 0.3 is 0 Å². The second-order valence-corrected chi connectivity index (χ2v) is 6.28. The van der Waals surface area contributed by atoms with Crippen LogP contribution < -0.4 is 5.32 Å². The number of nitrogens with one attached hydrogen (secondary N) is 1. The molecule has 0 saturated heterocycles. The minimum absolute atomic E-state index is 0.0207. The summed E-state index contributed by atoms with van der Waals surface area (Å²) < 4.78 is 14.6. The Kier molecular flexibility index (Phi) is 4.19. The first kappa shape index (κ1) is 16.3. The zero-order chi connectivity index (χ0) is 17.4. The number of benzene rings is 2. The molecule has 0 aliphatic carbocycles. The van der Waals surface area contributed by atoms with Gasteiger partial charge in [-0.2, -0.15) is 0 Å². The van der Waals surface area contributed by atoms with Crippen LogP contribution in [-0.4, -0.2) is 29.2 Å². The van der Waals surface area contributed by atoms with Crippen molar-refractivity contribution < 1.29 is 18.8 Å². The van der Waals surface area contributed by atoms with Crippen molar-refractivity contribution in [2.45, 2.75) is 6.92 Å². The maximum atomic E-state index is 13.8. The zero-order valence-corrected chi connectivity index (χ0v) is 14.2. The number of fused-ring (bicyclic) bond motifs is 1. The van der Waals surface area contributed by atoms with Gasteiger partial charge in [0, 0.05) is 10.2 Å². The monoisotopic (exact) mass is 390 g/mol. The Bertz CT molecular complexity index is 882. The lowest BCUT2D eigenvalue weighted by atomic mass is 10.1.